The van der Waals surface area contributed by atoms with Crippen LogP contribution in [0.3, 0.4) is 0 Å². The summed E-state index contributed by atoms with van der Waals surface area (Å²) in [4.78, 5) is 8.96. The molecule has 5 heteroatoms. The van der Waals surface area contributed by atoms with Gasteiger partial charge in [0.05, 0.1) is 18.5 Å². The Hall–Kier alpha value is -1.20. The summed E-state index contributed by atoms with van der Waals surface area (Å²) in [6.45, 7) is 11.8. The molecule has 1 heterocycles. The Kier molecular flexibility index (Phi) is 8.14. The third kappa shape index (κ3) is 5.84. The molecule has 1 N–H and O–H groups in total. The third-order valence-corrected chi connectivity index (χ3v) is 2.77. The zero-order valence-corrected chi connectivity index (χ0v) is 13.1. The topological polar surface area (TPSA) is 56.3 Å². The first kappa shape index (κ1) is 16.9. The Morgan fingerprint density at radius 2 is 2.05 bits per heavy atom. The molecule has 0 unspecified atom stereocenters. The maximum Gasteiger partial charge on any atom is 0.160 e. The summed E-state index contributed by atoms with van der Waals surface area (Å²) in [6, 6.07) is 0. The third-order valence-electron chi connectivity index (χ3n) is 2.77. The van der Waals surface area contributed by atoms with E-state index in [-0.39, 0.29) is 0 Å². The standard InChI is InChI=1S/C15H27N3O2/c1-5-7-16-10-13-14(20-9-8-19-6-2)11-17-15(18-13)12(3)4/h11-12,16H,5-10H2,1-4H3. The van der Waals surface area contributed by atoms with Crippen molar-refractivity contribution < 1.29 is 9.47 Å². The number of ether oxygens (including phenoxy) is 2. The molecule has 5 nitrogen and oxygen atoms in total. The van der Waals surface area contributed by atoms with Gasteiger partial charge in [0.2, 0.25) is 0 Å². The average molecular weight is 281 g/mol. The van der Waals surface area contributed by atoms with Crippen molar-refractivity contribution >= 4 is 0 Å². The average Bonchev–Trinajstić information content (AvgIpc) is 2.44. The fraction of sp³-hybridized carbons (Fsp3) is 0.733. The molecule has 20 heavy (non-hydrogen) atoms. The number of hydrogen-bond donors (Lipinski definition) is 1. The fourth-order valence-electron chi connectivity index (χ4n) is 1.69. The van der Waals surface area contributed by atoms with E-state index in [9.17, 15) is 0 Å². The lowest BCUT2D eigenvalue weighted by molar-refractivity contribution is 0.109. The lowest BCUT2D eigenvalue weighted by atomic mass is 10.2. The molecule has 0 atom stereocenters. The Morgan fingerprint density at radius 3 is 2.70 bits per heavy atom. The van der Waals surface area contributed by atoms with E-state index in [1.807, 2.05) is 6.92 Å². The van der Waals surface area contributed by atoms with E-state index in [1.54, 1.807) is 6.20 Å². The van der Waals surface area contributed by atoms with Gasteiger partial charge in [0.15, 0.2) is 5.75 Å². The predicted octanol–water partition coefficient (Wildman–Crippen LogP) is 2.51. The van der Waals surface area contributed by atoms with Crippen LogP contribution in [0.1, 0.15) is 51.6 Å². The van der Waals surface area contributed by atoms with E-state index >= 15 is 0 Å². The molecule has 1 aromatic heterocycles. The second-order valence-electron chi connectivity index (χ2n) is 4.92. The first-order valence-corrected chi connectivity index (χ1v) is 7.46. The van der Waals surface area contributed by atoms with Gasteiger partial charge in [-0.2, -0.15) is 0 Å². The van der Waals surface area contributed by atoms with Gasteiger partial charge in [0, 0.05) is 19.1 Å². The first-order valence-electron chi connectivity index (χ1n) is 7.46. The minimum atomic E-state index is 0.317. The first-order chi connectivity index (χ1) is 9.69. The normalized spacial score (nSPS) is 11.1. The summed E-state index contributed by atoms with van der Waals surface area (Å²) in [7, 11) is 0. The van der Waals surface area contributed by atoms with Crippen LogP contribution in [0.4, 0.5) is 0 Å². The molecule has 0 saturated heterocycles. The van der Waals surface area contributed by atoms with Crippen LogP contribution >= 0.6 is 0 Å². The summed E-state index contributed by atoms with van der Waals surface area (Å²) >= 11 is 0. The highest BCUT2D eigenvalue weighted by atomic mass is 16.5. The van der Waals surface area contributed by atoms with E-state index in [1.165, 1.54) is 0 Å². The zero-order chi connectivity index (χ0) is 14.8. The molecule has 0 spiro atoms. The summed E-state index contributed by atoms with van der Waals surface area (Å²) in [5.74, 6) is 1.92. The molecule has 114 valence electrons. The van der Waals surface area contributed by atoms with Gasteiger partial charge >= 0.3 is 0 Å². The maximum atomic E-state index is 5.71. The van der Waals surface area contributed by atoms with Gasteiger partial charge in [-0.3, -0.25) is 0 Å². The van der Waals surface area contributed by atoms with Crippen molar-refractivity contribution in [1.82, 2.24) is 15.3 Å². The Morgan fingerprint density at radius 1 is 1.25 bits per heavy atom. The molecule has 0 saturated carbocycles. The van der Waals surface area contributed by atoms with Crippen molar-refractivity contribution in [3.63, 3.8) is 0 Å². The van der Waals surface area contributed by atoms with Crippen molar-refractivity contribution in [2.24, 2.45) is 0 Å². The van der Waals surface area contributed by atoms with Crippen LogP contribution in [0, 0.1) is 0 Å². The molecule has 0 bridgehead atoms. The number of rotatable bonds is 10. The summed E-state index contributed by atoms with van der Waals surface area (Å²) in [6.07, 6.45) is 2.87. The lowest BCUT2D eigenvalue weighted by Gasteiger charge is -2.13. The van der Waals surface area contributed by atoms with E-state index in [4.69, 9.17) is 9.47 Å². The Balaban J connectivity index is 2.68. The van der Waals surface area contributed by atoms with Crippen molar-refractivity contribution in [2.45, 2.75) is 46.6 Å². The molecule has 0 amide bonds. The van der Waals surface area contributed by atoms with Gasteiger partial charge in [-0.1, -0.05) is 20.8 Å². The summed E-state index contributed by atoms with van der Waals surface area (Å²) < 4.78 is 11.0. The molecule has 1 rings (SSSR count). The van der Waals surface area contributed by atoms with Crippen LogP contribution in [0.25, 0.3) is 0 Å². The van der Waals surface area contributed by atoms with Gasteiger partial charge in [-0.25, -0.2) is 9.97 Å². The van der Waals surface area contributed by atoms with Crippen molar-refractivity contribution in [1.29, 1.82) is 0 Å². The molecule has 0 fully saturated rings. The Bertz CT molecular complexity index is 383. The second kappa shape index (κ2) is 9.66. The zero-order valence-electron chi connectivity index (χ0n) is 13.1. The molecule has 0 aliphatic carbocycles. The van der Waals surface area contributed by atoms with Crippen LogP contribution in [0.2, 0.25) is 0 Å². The van der Waals surface area contributed by atoms with Crippen LogP contribution < -0.4 is 10.1 Å². The summed E-state index contributed by atoms with van der Waals surface area (Å²) in [5.41, 5.74) is 0.925. The monoisotopic (exact) mass is 281 g/mol. The molecule has 0 radical (unpaired) electrons. The van der Waals surface area contributed by atoms with Gasteiger partial charge in [-0.15, -0.1) is 0 Å². The number of nitrogens with zero attached hydrogens (tertiary/aromatic N) is 2. The van der Waals surface area contributed by atoms with Gasteiger partial charge in [-0.05, 0) is 19.9 Å². The molecule has 0 aromatic carbocycles. The highest BCUT2D eigenvalue weighted by Gasteiger charge is 2.10. The van der Waals surface area contributed by atoms with Crippen molar-refractivity contribution in [3.05, 3.63) is 17.7 Å². The lowest BCUT2D eigenvalue weighted by Crippen LogP contribution is -2.18. The van der Waals surface area contributed by atoms with E-state index < -0.39 is 0 Å². The number of nitrogens with one attached hydrogen (secondary N) is 1. The summed E-state index contributed by atoms with van der Waals surface area (Å²) in [5, 5.41) is 3.36. The SMILES string of the molecule is CCCNCc1nc(C(C)C)ncc1OCCOCC. The molecule has 0 aliphatic rings. The second-order valence-corrected chi connectivity index (χ2v) is 4.92. The van der Waals surface area contributed by atoms with Gasteiger partial charge in [0.1, 0.15) is 12.4 Å². The van der Waals surface area contributed by atoms with Crippen LogP contribution in [-0.2, 0) is 11.3 Å². The van der Waals surface area contributed by atoms with E-state index in [0.29, 0.717) is 32.3 Å². The van der Waals surface area contributed by atoms with Crippen LogP contribution in [-0.4, -0.2) is 36.3 Å². The minimum Gasteiger partial charge on any atom is -0.488 e. The van der Waals surface area contributed by atoms with Crippen LogP contribution in [0.15, 0.2) is 6.20 Å². The van der Waals surface area contributed by atoms with Gasteiger partial charge < -0.3 is 14.8 Å². The highest BCUT2D eigenvalue weighted by molar-refractivity contribution is 5.25. The van der Waals surface area contributed by atoms with Crippen molar-refractivity contribution in [3.8, 4) is 5.75 Å². The Labute approximate surface area is 122 Å². The van der Waals surface area contributed by atoms with E-state index in [0.717, 1.165) is 30.2 Å². The molecular formula is C15H27N3O2. The molecular weight excluding hydrogens is 254 g/mol. The van der Waals surface area contributed by atoms with Crippen LogP contribution in [0.5, 0.6) is 5.75 Å². The molecule has 1 aromatic rings. The molecule has 0 aliphatic heterocycles. The minimum absolute atomic E-state index is 0.317. The fourth-order valence-corrected chi connectivity index (χ4v) is 1.69. The number of aromatic nitrogens is 2. The predicted molar refractivity (Wildman–Crippen MR) is 80.1 cm³/mol. The quantitative estimate of drug-likeness (QED) is 0.668. The maximum absolute atomic E-state index is 5.71. The smallest absolute Gasteiger partial charge is 0.160 e. The van der Waals surface area contributed by atoms with E-state index in [2.05, 4.69) is 36.1 Å². The highest BCUT2D eigenvalue weighted by Crippen LogP contribution is 2.18. The van der Waals surface area contributed by atoms with Gasteiger partial charge in [0.25, 0.3) is 0 Å². The van der Waals surface area contributed by atoms with Crippen molar-refractivity contribution in [2.75, 3.05) is 26.4 Å². The largest absolute Gasteiger partial charge is 0.488 e. The number of hydrogen-bond acceptors (Lipinski definition) is 5.